The third-order valence-corrected chi connectivity index (χ3v) is 2.36. The van der Waals surface area contributed by atoms with Gasteiger partial charge in [0.1, 0.15) is 0 Å². The fourth-order valence-corrected chi connectivity index (χ4v) is 1.51. The van der Waals surface area contributed by atoms with Gasteiger partial charge in [0, 0.05) is 0 Å². The summed E-state index contributed by atoms with van der Waals surface area (Å²) in [5.41, 5.74) is 5.19. The van der Waals surface area contributed by atoms with Crippen LogP contribution >= 0.6 is 0 Å². The molecule has 0 atom stereocenters. The maximum absolute atomic E-state index is 4.01. The zero-order valence-corrected chi connectivity index (χ0v) is 7.30. The SMILES string of the molecule is C=C1CC=C2C=C1C=CC=C2C. The first-order valence-electron chi connectivity index (χ1n) is 4.23. The summed E-state index contributed by atoms with van der Waals surface area (Å²) in [5, 5.41) is 0. The first-order valence-corrected chi connectivity index (χ1v) is 4.23. The van der Waals surface area contributed by atoms with Crippen LogP contribution in [0.4, 0.5) is 0 Å². The molecule has 0 nitrogen and oxygen atoms in total. The Kier molecular flexibility index (Phi) is 1.61. The molecule has 12 heavy (non-hydrogen) atoms. The van der Waals surface area contributed by atoms with Crippen molar-refractivity contribution < 1.29 is 0 Å². The highest BCUT2D eigenvalue weighted by molar-refractivity contribution is 5.56. The quantitative estimate of drug-likeness (QED) is 0.504. The van der Waals surface area contributed by atoms with Gasteiger partial charge in [0.2, 0.25) is 0 Å². The summed E-state index contributed by atoms with van der Waals surface area (Å²) in [4.78, 5) is 0. The minimum absolute atomic E-state index is 0.997. The van der Waals surface area contributed by atoms with E-state index in [2.05, 4.69) is 43.9 Å². The summed E-state index contributed by atoms with van der Waals surface area (Å²) in [7, 11) is 0. The minimum Gasteiger partial charge on any atom is -0.0949 e. The Labute approximate surface area is 73.3 Å². The van der Waals surface area contributed by atoms with Crippen LogP contribution in [-0.2, 0) is 0 Å². The van der Waals surface area contributed by atoms with E-state index in [0.717, 1.165) is 6.42 Å². The van der Waals surface area contributed by atoms with Crippen molar-refractivity contribution in [3.8, 4) is 0 Å². The summed E-state index contributed by atoms with van der Waals surface area (Å²) >= 11 is 0. The highest BCUT2D eigenvalue weighted by atomic mass is 14.1. The lowest BCUT2D eigenvalue weighted by atomic mass is 9.93. The van der Waals surface area contributed by atoms with Gasteiger partial charge in [-0.2, -0.15) is 0 Å². The fraction of sp³-hybridized carbons (Fsp3) is 0.167. The van der Waals surface area contributed by atoms with Crippen LogP contribution in [0, 0.1) is 0 Å². The zero-order valence-electron chi connectivity index (χ0n) is 7.30. The van der Waals surface area contributed by atoms with E-state index in [-0.39, 0.29) is 0 Å². The summed E-state index contributed by atoms with van der Waals surface area (Å²) in [6.45, 7) is 6.16. The van der Waals surface area contributed by atoms with Crippen LogP contribution in [-0.4, -0.2) is 0 Å². The van der Waals surface area contributed by atoms with Crippen LogP contribution in [0.25, 0.3) is 0 Å². The van der Waals surface area contributed by atoms with Gasteiger partial charge in [0.05, 0.1) is 0 Å². The first kappa shape index (κ1) is 7.35. The van der Waals surface area contributed by atoms with Gasteiger partial charge in [-0.25, -0.2) is 0 Å². The van der Waals surface area contributed by atoms with Crippen LogP contribution in [0.3, 0.4) is 0 Å². The Morgan fingerprint density at radius 3 is 3.00 bits per heavy atom. The van der Waals surface area contributed by atoms with Gasteiger partial charge in [0.25, 0.3) is 0 Å². The van der Waals surface area contributed by atoms with Gasteiger partial charge < -0.3 is 0 Å². The van der Waals surface area contributed by atoms with E-state index in [9.17, 15) is 0 Å². The molecule has 0 amide bonds. The second-order valence-electron chi connectivity index (χ2n) is 3.28. The molecule has 0 N–H and O–H groups in total. The Morgan fingerprint density at radius 2 is 2.17 bits per heavy atom. The van der Waals surface area contributed by atoms with Crippen molar-refractivity contribution in [2.75, 3.05) is 0 Å². The standard InChI is InChI=1S/C12H12/c1-9-4-3-5-11-8-12(9)7-6-10(11)2/h3-5,7-8H,2,6H2,1H3. The largest absolute Gasteiger partial charge is 0.0949 e. The van der Waals surface area contributed by atoms with Crippen LogP contribution in [0.2, 0.25) is 0 Å². The summed E-state index contributed by atoms with van der Waals surface area (Å²) in [5.74, 6) is 0. The van der Waals surface area contributed by atoms with Gasteiger partial charge >= 0.3 is 0 Å². The number of hydrogen-bond donors (Lipinski definition) is 0. The molecule has 0 saturated carbocycles. The molecule has 0 fully saturated rings. The minimum atomic E-state index is 0.997. The first-order chi connectivity index (χ1) is 5.77. The molecular weight excluding hydrogens is 144 g/mol. The van der Waals surface area contributed by atoms with Crippen LogP contribution in [0.15, 0.2) is 59.3 Å². The average molecular weight is 156 g/mol. The number of hydrogen-bond acceptors (Lipinski definition) is 0. The maximum atomic E-state index is 4.01. The summed E-state index contributed by atoms with van der Waals surface area (Å²) < 4.78 is 0. The summed E-state index contributed by atoms with van der Waals surface area (Å²) in [6.07, 6.45) is 11.8. The van der Waals surface area contributed by atoms with Gasteiger partial charge in [-0.3, -0.25) is 0 Å². The predicted octanol–water partition coefficient (Wildman–Crippen LogP) is 3.32. The van der Waals surface area contributed by atoms with Crippen LogP contribution < -0.4 is 0 Å². The van der Waals surface area contributed by atoms with E-state index >= 15 is 0 Å². The van der Waals surface area contributed by atoms with E-state index in [1.165, 1.54) is 22.3 Å². The van der Waals surface area contributed by atoms with Crippen LogP contribution in [0.1, 0.15) is 13.3 Å². The van der Waals surface area contributed by atoms with E-state index in [1.807, 2.05) is 0 Å². The molecule has 2 bridgehead atoms. The van der Waals surface area contributed by atoms with E-state index in [1.54, 1.807) is 0 Å². The molecule has 0 spiro atoms. The van der Waals surface area contributed by atoms with Gasteiger partial charge in [-0.15, -0.1) is 0 Å². The van der Waals surface area contributed by atoms with Gasteiger partial charge in [-0.1, -0.05) is 30.9 Å². The smallest absolute Gasteiger partial charge is 0.00883 e. The second-order valence-corrected chi connectivity index (χ2v) is 3.28. The molecule has 2 aliphatic rings. The second kappa shape index (κ2) is 2.63. The lowest BCUT2D eigenvalue weighted by Gasteiger charge is -2.11. The fourth-order valence-electron chi connectivity index (χ4n) is 1.51. The van der Waals surface area contributed by atoms with Crippen molar-refractivity contribution in [2.24, 2.45) is 0 Å². The molecule has 0 saturated heterocycles. The molecule has 2 aliphatic carbocycles. The number of rotatable bonds is 0. The van der Waals surface area contributed by atoms with Gasteiger partial charge in [0.15, 0.2) is 0 Å². The Bertz CT molecular complexity index is 346. The monoisotopic (exact) mass is 156 g/mol. The molecule has 0 aromatic carbocycles. The third-order valence-electron chi connectivity index (χ3n) is 2.36. The average Bonchev–Trinajstić information content (AvgIpc) is 2.21. The Hall–Kier alpha value is -1.30. The molecule has 0 radical (unpaired) electrons. The molecule has 60 valence electrons. The van der Waals surface area contributed by atoms with Gasteiger partial charge in [-0.05, 0) is 41.7 Å². The zero-order chi connectivity index (χ0) is 8.55. The van der Waals surface area contributed by atoms with E-state index in [0.29, 0.717) is 0 Å². The molecule has 0 heteroatoms. The van der Waals surface area contributed by atoms with Crippen molar-refractivity contribution in [2.45, 2.75) is 13.3 Å². The lowest BCUT2D eigenvalue weighted by molar-refractivity contribution is 1.19. The van der Waals surface area contributed by atoms with Crippen molar-refractivity contribution in [3.63, 3.8) is 0 Å². The molecule has 0 aromatic rings. The van der Waals surface area contributed by atoms with Crippen molar-refractivity contribution in [1.82, 2.24) is 0 Å². The highest BCUT2D eigenvalue weighted by Gasteiger charge is 2.09. The van der Waals surface area contributed by atoms with Crippen molar-refractivity contribution in [1.29, 1.82) is 0 Å². The molecule has 2 rings (SSSR count). The number of fused-ring (bicyclic) bond motifs is 1. The van der Waals surface area contributed by atoms with Crippen molar-refractivity contribution >= 4 is 0 Å². The maximum Gasteiger partial charge on any atom is -0.00883 e. The third kappa shape index (κ3) is 1.10. The van der Waals surface area contributed by atoms with Crippen molar-refractivity contribution in [3.05, 3.63) is 59.3 Å². The molecule has 0 aromatic heterocycles. The Morgan fingerprint density at radius 1 is 1.33 bits per heavy atom. The van der Waals surface area contributed by atoms with E-state index < -0.39 is 0 Å². The summed E-state index contributed by atoms with van der Waals surface area (Å²) in [6, 6.07) is 0. The predicted molar refractivity (Wildman–Crippen MR) is 52.8 cm³/mol. The molecule has 0 aliphatic heterocycles. The topological polar surface area (TPSA) is 0 Å². The molecule has 0 heterocycles. The van der Waals surface area contributed by atoms with Crippen LogP contribution in [0.5, 0.6) is 0 Å². The number of allylic oxidation sites excluding steroid dienone is 9. The molecular formula is C12H12. The van der Waals surface area contributed by atoms with E-state index in [4.69, 9.17) is 0 Å². The lowest BCUT2D eigenvalue weighted by Crippen LogP contribution is -1.92. The highest BCUT2D eigenvalue weighted by Crippen LogP contribution is 2.28. The normalized spacial score (nSPS) is 21.1. The Balaban J connectivity index is 2.51. The molecule has 0 unspecified atom stereocenters.